The van der Waals surface area contributed by atoms with Crippen LogP contribution in [0.5, 0.6) is 0 Å². The van der Waals surface area contributed by atoms with Crippen molar-refractivity contribution in [2.75, 3.05) is 0 Å². The van der Waals surface area contributed by atoms with E-state index in [1.807, 2.05) is 27.7 Å². The number of hydrogen-bond donors (Lipinski definition) is 1. The highest BCUT2D eigenvalue weighted by Crippen LogP contribution is 2.22. The summed E-state index contributed by atoms with van der Waals surface area (Å²) in [5.41, 5.74) is 0. The summed E-state index contributed by atoms with van der Waals surface area (Å²) in [4.78, 5) is 11.5. The normalized spacial score (nSPS) is 36.8. The first kappa shape index (κ1) is 9.52. The third-order valence-electron chi connectivity index (χ3n) is 2.29. The van der Waals surface area contributed by atoms with Gasteiger partial charge in [-0.2, -0.15) is 0 Å². The number of hydrogen-bond acceptors (Lipinski definition) is 2. The first-order chi connectivity index (χ1) is 5.52. The Balaban J connectivity index is 2.67. The van der Waals surface area contributed by atoms with Crippen LogP contribution in [0.3, 0.4) is 0 Å². The third kappa shape index (κ3) is 1.78. The van der Waals surface area contributed by atoms with Crippen LogP contribution in [0.25, 0.3) is 0 Å². The van der Waals surface area contributed by atoms with Gasteiger partial charge in [0.25, 0.3) is 0 Å². The SMILES string of the molecule is CC1NC(=O)C(C(C)C)C(C)O1. The van der Waals surface area contributed by atoms with Gasteiger partial charge in [0.2, 0.25) is 5.91 Å². The molecule has 0 spiro atoms. The Morgan fingerprint density at radius 3 is 2.42 bits per heavy atom. The molecule has 3 unspecified atom stereocenters. The highest BCUT2D eigenvalue weighted by atomic mass is 16.5. The van der Waals surface area contributed by atoms with Crippen molar-refractivity contribution in [2.24, 2.45) is 11.8 Å². The lowest BCUT2D eigenvalue weighted by Gasteiger charge is -2.35. The Morgan fingerprint density at radius 1 is 1.42 bits per heavy atom. The Bertz CT molecular complexity index is 179. The van der Waals surface area contributed by atoms with Gasteiger partial charge in [-0.3, -0.25) is 4.79 Å². The number of carbonyl (C=O) groups excluding carboxylic acids is 1. The van der Waals surface area contributed by atoms with Crippen LogP contribution in [0.2, 0.25) is 0 Å². The minimum absolute atomic E-state index is 0.00111. The molecule has 1 aliphatic heterocycles. The highest BCUT2D eigenvalue weighted by molar-refractivity contribution is 5.80. The van der Waals surface area contributed by atoms with Gasteiger partial charge in [0.05, 0.1) is 12.0 Å². The van der Waals surface area contributed by atoms with Crippen LogP contribution in [0.15, 0.2) is 0 Å². The van der Waals surface area contributed by atoms with Gasteiger partial charge in [-0.25, -0.2) is 0 Å². The second-order valence-electron chi connectivity index (χ2n) is 3.76. The predicted octanol–water partition coefficient (Wildman–Crippen LogP) is 1.14. The summed E-state index contributed by atoms with van der Waals surface area (Å²) >= 11 is 0. The van der Waals surface area contributed by atoms with E-state index < -0.39 is 0 Å². The van der Waals surface area contributed by atoms with Crippen molar-refractivity contribution < 1.29 is 9.53 Å². The molecule has 1 saturated heterocycles. The molecule has 3 atom stereocenters. The maximum atomic E-state index is 11.5. The van der Waals surface area contributed by atoms with Crippen molar-refractivity contribution in [1.82, 2.24) is 5.32 Å². The fourth-order valence-corrected chi connectivity index (χ4v) is 1.80. The summed E-state index contributed by atoms with van der Waals surface area (Å²) < 4.78 is 5.50. The minimum atomic E-state index is -0.137. The molecule has 0 bridgehead atoms. The molecule has 1 N–H and O–H groups in total. The maximum Gasteiger partial charge on any atom is 0.227 e. The molecule has 0 aromatic heterocycles. The topological polar surface area (TPSA) is 38.3 Å². The largest absolute Gasteiger partial charge is 0.355 e. The van der Waals surface area contributed by atoms with Crippen LogP contribution < -0.4 is 5.32 Å². The van der Waals surface area contributed by atoms with Crippen molar-refractivity contribution in [3.05, 3.63) is 0 Å². The lowest BCUT2D eigenvalue weighted by molar-refractivity contribution is -0.152. The Labute approximate surface area is 73.5 Å². The summed E-state index contributed by atoms with van der Waals surface area (Å²) in [5, 5.41) is 2.78. The molecule has 3 nitrogen and oxygen atoms in total. The van der Waals surface area contributed by atoms with E-state index in [1.54, 1.807) is 0 Å². The summed E-state index contributed by atoms with van der Waals surface area (Å²) in [6, 6.07) is 0. The minimum Gasteiger partial charge on any atom is -0.355 e. The van der Waals surface area contributed by atoms with E-state index in [1.165, 1.54) is 0 Å². The molecule has 0 aliphatic carbocycles. The summed E-state index contributed by atoms with van der Waals surface area (Å²) in [7, 11) is 0. The molecule has 12 heavy (non-hydrogen) atoms. The zero-order valence-corrected chi connectivity index (χ0v) is 8.13. The van der Waals surface area contributed by atoms with Crippen molar-refractivity contribution in [3.63, 3.8) is 0 Å². The standard InChI is InChI=1S/C9H17NO2/c1-5(2)8-6(3)12-7(4)10-9(8)11/h5-8H,1-4H3,(H,10,11). The van der Waals surface area contributed by atoms with Crippen LogP contribution in [0.1, 0.15) is 27.7 Å². The average Bonchev–Trinajstić information content (AvgIpc) is 1.82. The third-order valence-corrected chi connectivity index (χ3v) is 2.29. The molecule has 0 radical (unpaired) electrons. The van der Waals surface area contributed by atoms with E-state index in [-0.39, 0.29) is 24.2 Å². The maximum absolute atomic E-state index is 11.5. The monoisotopic (exact) mass is 171 g/mol. The number of amides is 1. The fourth-order valence-electron chi connectivity index (χ4n) is 1.80. The molecule has 1 heterocycles. The van der Waals surface area contributed by atoms with Gasteiger partial charge in [-0.15, -0.1) is 0 Å². The van der Waals surface area contributed by atoms with Gasteiger partial charge in [0.1, 0.15) is 6.23 Å². The van der Waals surface area contributed by atoms with Crippen LogP contribution in [0.4, 0.5) is 0 Å². The second-order valence-corrected chi connectivity index (χ2v) is 3.76. The molecule has 3 heteroatoms. The molecule has 0 aromatic rings. The van der Waals surface area contributed by atoms with Crippen LogP contribution in [-0.2, 0) is 9.53 Å². The summed E-state index contributed by atoms with van der Waals surface area (Å²) in [5.74, 6) is 0.463. The molecule has 0 saturated carbocycles. The lowest BCUT2D eigenvalue weighted by atomic mass is 9.89. The van der Waals surface area contributed by atoms with Gasteiger partial charge in [-0.05, 0) is 19.8 Å². The average molecular weight is 171 g/mol. The number of rotatable bonds is 1. The van der Waals surface area contributed by atoms with Crippen molar-refractivity contribution in [3.8, 4) is 0 Å². The smallest absolute Gasteiger partial charge is 0.227 e. The Kier molecular flexibility index (Phi) is 2.73. The molecule has 1 fully saturated rings. The van der Waals surface area contributed by atoms with Crippen LogP contribution in [-0.4, -0.2) is 18.2 Å². The van der Waals surface area contributed by atoms with Crippen LogP contribution in [0, 0.1) is 11.8 Å². The van der Waals surface area contributed by atoms with E-state index in [2.05, 4.69) is 5.32 Å². The number of ether oxygens (including phenoxy) is 1. The first-order valence-corrected chi connectivity index (χ1v) is 4.48. The second kappa shape index (κ2) is 3.44. The van der Waals surface area contributed by atoms with Crippen molar-refractivity contribution >= 4 is 5.91 Å². The van der Waals surface area contributed by atoms with Gasteiger partial charge < -0.3 is 10.1 Å². The van der Waals surface area contributed by atoms with E-state index >= 15 is 0 Å². The van der Waals surface area contributed by atoms with E-state index in [0.717, 1.165) is 0 Å². The Hall–Kier alpha value is -0.570. The molecule has 1 amide bonds. The molecule has 1 rings (SSSR count). The first-order valence-electron chi connectivity index (χ1n) is 4.48. The number of carbonyl (C=O) groups is 1. The quantitative estimate of drug-likeness (QED) is 0.642. The lowest BCUT2D eigenvalue weighted by Crippen LogP contribution is -2.52. The zero-order chi connectivity index (χ0) is 9.30. The van der Waals surface area contributed by atoms with Gasteiger partial charge >= 0.3 is 0 Å². The highest BCUT2D eigenvalue weighted by Gasteiger charge is 2.34. The molecular weight excluding hydrogens is 154 g/mol. The Morgan fingerprint density at radius 2 is 2.00 bits per heavy atom. The van der Waals surface area contributed by atoms with Crippen LogP contribution >= 0.6 is 0 Å². The molecule has 1 aliphatic rings. The van der Waals surface area contributed by atoms with Crippen molar-refractivity contribution in [1.29, 1.82) is 0 Å². The molecular formula is C9H17NO2. The summed E-state index contributed by atoms with van der Waals surface area (Å²) in [6.45, 7) is 7.89. The van der Waals surface area contributed by atoms with Gasteiger partial charge in [0.15, 0.2) is 0 Å². The summed E-state index contributed by atoms with van der Waals surface area (Å²) in [6.07, 6.45) is -0.101. The molecule has 70 valence electrons. The van der Waals surface area contributed by atoms with E-state index in [4.69, 9.17) is 4.74 Å². The predicted molar refractivity (Wildman–Crippen MR) is 46.5 cm³/mol. The van der Waals surface area contributed by atoms with E-state index in [9.17, 15) is 4.79 Å². The zero-order valence-electron chi connectivity index (χ0n) is 8.13. The fraction of sp³-hybridized carbons (Fsp3) is 0.889. The van der Waals surface area contributed by atoms with Gasteiger partial charge in [0, 0.05) is 0 Å². The molecule has 0 aromatic carbocycles. The van der Waals surface area contributed by atoms with Crippen molar-refractivity contribution in [2.45, 2.75) is 40.0 Å². The van der Waals surface area contributed by atoms with E-state index in [0.29, 0.717) is 5.92 Å². The number of nitrogens with one attached hydrogen (secondary N) is 1. The van der Waals surface area contributed by atoms with Gasteiger partial charge in [-0.1, -0.05) is 13.8 Å².